The Balaban J connectivity index is 2.00. The van der Waals surface area contributed by atoms with E-state index in [1.165, 1.54) is 19.8 Å². The summed E-state index contributed by atoms with van der Waals surface area (Å²) in [6.07, 6.45) is 2.43. The fraction of sp³-hybridized carbons (Fsp3) is 0.900. The number of aliphatic hydroxyl groups excluding tert-OH is 1. The van der Waals surface area contributed by atoms with Gasteiger partial charge in [0.25, 0.3) is 0 Å². The normalized spacial score (nSPS) is 19.7. The average Bonchev–Trinajstić information content (AvgIpc) is 2.98. The predicted octanol–water partition coefficient (Wildman–Crippen LogP) is -1.15. The number of rotatable bonds is 7. The molecule has 0 aromatic rings. The maximum atomic E-state index is 11.2. The van der Waals surface area contributed by atoms with Gasteiger partial charge in [-0.2, -0.15) is 0 Å². The van der Waals surface area contributed by atoms with Gasteiger partial charge in [-0.3, -0.25) is 4.79 Å². The van der Waals surface area contributed by atoms with Crippen molar-refractivity contribution in [1.29, 1.82) is 0 Å². The molecule has 0 bridgehead atoms. The van der Waals surface area contributed by atoms with Crippen LogP contribution in [0.1, 0.15) is 19.8 Å². The van der Waals surface area contributed by atoms with Gasteiger partial charge in [-0.1, -0.05) is 0 Å². The molecule has 0 aromatic carbocycles. The third-order valence-corrected chi connectivity index (χ3v) is 2.42. The highest BCUT2D eigenvalue weighted by molar-refractivity contribution is 5.77. The monoisotopic (exact) mass is 216 g/mol. The maximum Gasteiger partial charge on any atom is 0.233 e. The second kappa shape index (κ2) is 5.44. The SMILES string of the molecule is CC(O)(CO)CNCC(=O)NCC1CC1. The number of hydrogen-bond donors (Lipinski definition) is 4. The molecule has 0 saturated heterocycles. The van der Waals surface area contributed by atoms with Crippen molar-refractivity contribution in [2.24, 2.45) is 5.92 Å². The van der Waals surface area contributed by atoms with Crippen LogP contribution in [-0.4, -0.2) is 48.0 Å². The molecule has 1 amide bonds. The largest absolute Gasteiger partial charge is 0.393 e. The van der Waals surface area contributed by atoms with Crippen molar-refractivity contribution in [3.8, 4) is 0 Å². The molecule has 1 saturated carbocycles. The quantitative estimate of drug-likeness (QED) is 0.433. The molecular formula is C10H20N2O3. The lowest BCUT2D eigenvalue weighted by atomic mass is 10.1. The van der Waals surface area contributed by atoms with Gasteiger partial charge in [0.15, 0.2) is 0 Å². The number of carbonyl (C=O) groups excluding carboxylic acids is 1. The summed E-state index contributed by atoms with van der Waals surface area (Å²) in [4.78, 5) is 11.2. The summed E-state index contributed by atoms with van der Waals surface area (Å²) >= 11 is 0. The summed E-state index contributed by atoms with van der Waals surface area (Å²) in [6.45, 7) is 2.35. The van der Waals surface area contributed by atoms with Gasteiger partial charge in [0.2, 0.25) is 5.91 Å². The van der Waals surface area contributed by atoms with E-state index in [9.17, 15) is 9.90 Å². The Morgan fingerprint density at radius 2 is 2.20 bits per heavy atom. The van der Waals surface area contributed by atoms with E-state index in [-0.39, 0.29) is 25.6 Å². The number of amides is 1. The standard InChI is InChI=1S/C10H20N2O3/c1-10(15,7-13)6-11-5-9(14)12-4-8-2-3-8/h8,11,13,15H,2-7H2,1H3,(H,12,14). The van der Waals surface area contributed by atoms with Crippen LogP contribution >= 0.6 is 0 Å². The van der Waals surface area contributed by atoms with Crippen LogP contribution in [0.15, 0.2) is 0 Å². The molecule has 5 heteroatoms. The number of hydrogen-bond acceptors (Lipinski definition) is 4. The van der Waals surface area contributed by atoms with Crippen LogP contribution in [0.5, 0.6) is 0 Å². The lowest BCUT2D eigenvalue weighted by molar-refractivity contribution is -0.120. The van der Waals surface area contributed by atoms with Gasteiger partial charge in [-0.25, -0.2) is 0 Å². The summed E-state index contributed by atoms with van der Waals surface area (Å²) in [5.74, 6) is 0.616. The molecule has 1 fully saturated rings. The molecule has 1 rings (SSSR count). The van der Waals surface area contributed by atoms with Crippen LogP contribution in [0.4, 0.5) is 0 Å². The molecule has 1 unspecified atom stereocenters. The first-order chi connectivity index (χ1) is 7.03. The van der Waals surface area contributed by atoms with E-state index in [0.717, 1.165) is 6.54 Å². The van der Waals surface area contributed by atoms with Crippen LogP contribution in [0.25, 0.3) is 0 Å². The first kappa shape index (κ1) is 12.4. The predicted molar refractivity (Wildman–Crippen MR) is 56.3 cm³/mol. The highest BCUT2D eigenvalue weighted by Crippen LogP contribution is 2.27. The molecule has 15 heavy (non-hydrogen) atoms. The zero-order valence-corrected chi connectivity index (χ0v) is 9.12. The maximum absolute atomic E-state index is 11.2. The van der Waals surface area contributed by atoms with E-state index in [1.807, 2.05) is 0 Å². The molecule has 4 N–H and O–H groups in total. The smallest absolute Gasteiger partial charge is 0.233 e. The van der Waals surface area contributed by atoms with Gasteiger partial charge < -0.3 is 20.8 Å². The molecule has 88 valence electrons. The molecule has 1 aliphatic rings. The van der Waals surface area contributed by atoms with Crippen molar-refractivity contribution in [2.45, 2.75) is 25.4 Å². The molecule has 5 nitrogen and oxygen atoms in total. The van der Waals surface area contributed by atoms with Gasteiger partial charge >= 0.3 is 0 Å². The Morgan fingerprint density at radius 1 is 1.53 bits per heavy atom. The third-order valence-electron chi connectivity index (χ3n) is 2.42. The summed E-state index contributed by atoms with van der Waals surface area (Å²) in [5.41, 5.74) is -1.16. The fourth-order valence-electron chi connectivity index (χ4n) is 1.14. The summed E-state index contributed by atoms with van der Waals surface area (Å²) < 4.78 is 0. The zero-order valence-electron chi connectivity index (χ0n) is 9.12. The minimum absolute atomic E-state index is 0.0596. The number of carbonyl (C=O) groups is 1. The summed E-state index contributed by atoms with van der Waals surface area (Å²) in [7, 11) is 0. The Kier molecular flexibility index (Phi) is 4.50. The van der Waals surface area contributed by atoms with Gasteiger partial charge in [-0.15, -0.1) is 0 Å². The Hall–Kier alpha value is -0.650. The Morgan fingerprint density at radius 3 is 2.73 bits per heavy atom. The van der Waals surface area contributed by atoms with Crippen molar-refractivity contribution < 1.29 is 15.0 Å². The topological polar surface area (TPSA) is 81.6 Å². The minimum Gasteiger partial charge on any atom is -0.393 e. The lowest BCUT2D eigenvalue weighted by Crippen LogP contribution is -2.44. The van der Waals surface area contributed by atoms with Gasteiger partial charge in [-0.05, 0) is 25.7 Å². The van der Waals surface area contributed by atoms with Crippen molar-refractivity contribution in [3.63, 3.8) is 0 Å². The summed E-state index contributed by atoms with van der Waals surface area (Å²) in [6, 6.07) is 0. The van der Waals surface area contributed by atoms with Crippen LogP contribution in [0.2, 0.25) is 0 Å². The first-order valence-electron chi connectivity index (χ1n) is 5.34. The summed E-state index contributed by atoms with van der Waals surface area (Å²) in [5, 5.41) is 23.8. The second-order valence-corrected chi connectivity index (χ2v) is 4.51. The van der Waals surface area contributed by atoms with E-state index >= 15 is 0 Å². The van der Waals surface area contributed by atoms with E-state index < -0.39 is 5.60 Å². The molecule has 0 aliphatic heterocycles. The molecule has 1 atom stereocenters. The van der Waals surface area contributed by atoms with Crippen molar-refractivity contribution >= 4 is 5.91 Å². The van der Waals surface area contributed by atoms with Crippen molar-refractivity contribution in [2.75, 3.05) is 26.2 Å². The highest BCUT2D eigenvalue weighted by Gasteiger charge is 2.22. The molecule has 0 heterocycles. The molecule has 0 aromatic heterocycles. The lowest BCUT2D eigenvalue weighted by Gasteiger charge is -2.20. The third kappa shape index (κ3) is 5.71. The average molecular weight is 216 g/mol. The minimum atomic E-state index is -1.16. The molecule has 0 radical (unpaired) electrons. The van der Waals surface area contributed by atoms with E-state index in [4.69, 9.17) is 5.11 Å². The second-order valence-electron chi connectivity index (χ2n) is 4.51. The Labute approximate surface area is 89.9 Å². The number of nitrogens with one attached hydrogen (secondary N) is 2. The van der Waals surface area contributed by atoms with Gasteiger partial charge in [0.1, 0.15) is 0 Å². The van der Waals surface area contributed by atoms with Gasteiger partial charge in [0, 0.05) is 13.1 Å². The van der Waals surface area contributed by atoms with Crippen molar-refractivity contribution in [1.82, 2.24) is 10.6 Å². The number of aliphatic hydroxyl groups is 2. The van der Waals surface area contributed by atoms with Crippen LogP contribution in [-0.2, 0) is 4.79 Å². The van der Waals surface area contributed by atoms with Crippen LogP contribution in [0.3, 0.4) is 0 Å². The molecular weight excluding hydrogens is 196 g/mol. The molecule has 0 spiro atoms. The zero-order chi connectivity index (χ0) is 11.3. The van der Waals surface area contributed by atoms with E-state index in [1.54, 1.807) is 0 Å². The van der Waals surface area contributed by atoms with Crippen molar-refractivity contribution in [3.05, 3.63) is 0 Å². The van der Waals surface area contributed by atoms with Gasteiger partial charge in [0.05, 0.1) is 18.8 Å². The van der Waals surface area contributed by atoms with Crippen LogP contribution in [0, 0.1) is 5.92 Å². The Bertz CT molecular complexity index is 215. The first-order valence-corrected chi connectivity index (χ1v) is 5.34. The highest BCUT2D eigenvalue weighted by atomic mass is 16.3. The van der Waals surface area contributed by atoms with E-state index in [2.05, 4.69) is 10.6 Å². The molecule has 1 aliphatic carbocycles. The van der Waals surface area contributed by atoms with Crippen LogP contribution < -0.4 is 10.6 Å². The van der Waals surface area contributed by atoms with E-state index in [0.29, 0.717) is 5.92 Å². The fourth-order valence-corrected chi connectivity index (χ4v) is 1.14.